The molecule has 3 nitrogen and oxygen atoms in total. The van der Waals surface area contributed by atoms with E-state index in [-0.39, 0.29) is 18.3 Å². The molecule has 1 heterocycles. The Morgan fingerprint density at radius 3 is 2.50 bits per heavy atom. The summed E-state index contributed by atoms with van der Waals surface area (Å²) >= 11 is 1.69. The summed E-state index contributed by atoms with van der Waals surface area (Å²) in [6.07, 6.45) is 1.32. The van der Waals surface area contributed by atoms with E-state index >= 15 is 0 Å². The molecule has 0 spiro atoms. The Hall–Kier alpha value is -1.36. The summed E-state index contributed by atoms with van der Waals surface area (Å²) in [5.41, 5.74) is 6.75. The summed E-state index contributed by atoms with van der Waals surface area (Å²) in [5, 5.41) is 0. The molecule has 0 atom stereocenters. The lowest BCUT2D eigenvalue weighted by Crippen LogP contribution is -2.33. The van der Waals surface area contributed by atoms with Crippen molar-refractivity contribution in [2.75, 3.05) is 13.1 Å². The molecule has 2 rings (SSSR count). The van der Waals surface area contributed by atoms with Gasteiger partial charge < -0.3 is 10.6 Å². The van der Waals surface area contributed by atoms with Gasteiger partial charge >= 0.3 is 0 Å². The predicted octanol–water partition coefficient (Wildman–Crippen LogP) is 3.40. The van der Waals surface area contributed by atoms with Gasteiger partial charge in [-0.1, -0.05) is 30.3 Å². The SMILES string of the molecule is Cc1ccc(CC(=O)N(CCCN)Cc2ccccc2)s1.Cl. The monoisotopic (exact) mass is 338 g/mol. The smallest absolute Gasteiger partial charge is 0.228 e. The number of rotatable bonds is 7. The molecule has 0 saturated carbocycles. The zero-order valence-corrected chi connectivity index (χ0v) is 14.5. The van der Waals surface area contributed by atoms with Gasteiger partial charge in [0.15, 0.2) is 0 Å². The Labute approximate surface area is 142 Å². The first-order valence-corrected chi connectivity index (χ1v) is 8.08. The van der Waals surface area contributed by atoms with E-state index in [4.69, 9.17) is 5.73 Å². The first-order valence-electron chi connectivity index (χ1n) is 7.26. The number of aryl methyl sites for hydroxylation is 1. The summed E-state index contributed by atoms with van der Waals surface area (Å²) in [7, 11) is 0. The fraction of sp³-hybridized carbons (Fsp3) is 0.353. The van der Waals surface area contributed by atoms with Crippen molar-refractivity contribution < 1.29 is 4.79 Å². The molecule has 0 bridgehead atoms. The van der Waals surface area contributed by atoms with Gasteiger partial charge in [-0.05, 0) is 37.6 Å². The van der Waals surface area contributed by atoms with Gasteiger partial charge in [-0.3, -0.25) is 4.79 Å². The normalized spacial score (nSPS) is 10.1. The third-order valence-corrected chi connectivity index (χ3v) is 4.32. The Balaban J connectivity index is 0.00000242. The Morgan fingerprint density at radius 1 is 1.18 bits per heavy atom. The largest absolute Gasteiger partial charge is 0.338 e. The molecule has 0 saturated heterocycles. The molecule has 0 aliphatic rings. The van der Waals surface area contributed by atoms with Crippen molar-refractivity contribution in [3.05, 3.63) is 57.8 Å². The molecule has 1 aromatic heterocycles. The number of carbonyl (C=O) groups excluding carboxylic acids is 1. The number of benzene rings is 1. The average Bonchev–Trinajstić information content (AvgIpc) is 2.89. The van der Waals surface area contributed by atoms with Crippen LogP contribution in [0.15, 0.2) is 42.5 Å². The summed E-state index contributed by atoms with van der Waals surface area (Å²) in [6.45, 7) is 4.05. The average molecular weight is 339 g/mol. The van der Waals surface area contributed by atoms with Crippen LogP contribution in [0.1, 0.15) is 21.7 Å². The first kappa shape index (κ1) is 18.7. The first-order chi connectivity index (χ1) is 10.2. The maximum absolute atomic E-state index is 12.5. The van der Waals surface area contributed by atoms with Gasteiger partial charge in [0.05, 0.1) is 6.42 Å². The minimum absolute atomic E-state index is 0. The Kier molecular flexibility index (Phi) is 8.17. The van der Waals surface area contributed by atoms with Gasteiger partial charge in [0, 0.05) is 22.8 Å². The Morgan fingerprint density at radius 2 is 1.91 bits per heavy atom. The zero-order chi connectivity index (χ0) is 15.1. The second kappa shape index (κ2) is 9.62. The van der Waals surface area contributed by atoms with Crippen LogP contribution in [0, 0.1) is 6.92 Å². The number of amides is 1. The van der Waals surface area contributed by atoms with Crippen molar-refractivity contribution in [3.8, 4) is 0 Å². The number of thiophene rings is 1. The fourth-order valence-corrected chi connectivity index (χ4v) is 3.10. The van der Waals surface area contributed by atoms with E-state index in [9.17, 15) is 4.79 Å². The van der Waals surface area contributed by atoms with Crippen molar-refractivity contribution >= 4 is 29.7 Å². The molecule has 0 aliphatic heterocycles. The van der Waals surface area contributed by atoms with Crippen molar-refractivity contribution in [3.63, 3.8) is 0 Å². The quantitative estimate of drug-likeness (QED) is 0.841. The minimum atomic E-state index is 0. The summed E-state index contributed by atoms with van der Waals surface area (Å²) in [5.74, 6) is 0.175. The zero-order valence-electron chi connectivity index (χ0n) is 12.8. The van der Waals surface area contributed by atoms with E-state index in [1.165, 1.54) is 4.88 Å². The predicted molar refractivity (Wildman–Crippen MR) is 95.5 cm³/mol. The number of hydrogen-bond donors (Lipinski definition) is 1. The van der Waals surface area contributed by atoms with Gasteiger partial charge in [0.1, 0.15) is 0 Å². The van der Waals surface area contributed by atoms with Crippen molar-refractivity contribution in [2.45, 2.75) is 26.3 Å². The molecule has 0 unspecified atom stereocenters. The molecule has 2 N–H and O–H groups in total. The molecule has 5 heteroatoms. The number of nitrogens with two attached hydrogens (primary N) is 1. The standard InChI is InChI=1S/C17H22N2OS.ClH/c1-14-8-9-16(21-14)12-17(20)19(11-5-10-18)13-15-6-3-2-4-7-15;/h2-4,6-9H,5,10-13,18H2,1H3;1H. The van der Waals surface area contributed by atoms with Gasteiger partial charge in [-0.2, -0.15) is 0 Å². The maximum atomic E-state index is 12.5. The van der Waals surface area contributed by atoms with Crippen LogP contribution in [0.3, 0.4) is 0 Å². The molecule has 1 amide bonds. The molecule has 0 radical (unpaired) electrons. The lowest BCUT2D eigenvalue weighted by Gasteiger charge is -2.22. The van der Waals surface area contributed by atoms with Crippen LogP contribution in [0.2, 0.25) is 0 Å². The van der Waals surface area contributed by atoms with Gasteiger partial charge in [-0.25, -0.2) is 0 Å². The van der Waals surface area contributed by atoms with Crippen LogP contribution in [-0.2, 0) is 17.8 Å². The van der Waals surface area contributed by atoms with E-state index in [1.807, 2.05) is 29.2 Å². The van der Waals surface area contributed by atoms with E-state index < -0.39 is 0 Å². The molecule has 0 aliphatic carbocycles. The van der Waals surface area contributed by atoms with Crippen LogP contribution in [0.4, 0.5) is 0 Å². The number of halogens is 1. The second-order valence-corrected chi connectivity index (χ2v) is 6.50. The van der Waals surface area contributed by atoms with Crippen LogP contribution < -0.4 is 5.73 Å². The molecular weight excluding hydrogens is 316 g/mol. The highest BCUT2D eigenvalue weighted by Gasteiger charge is 2.15. The molecule has 120 valence electrons. The van der Waals surface area contributed by atoms with Gasteiger partial charge in [0.25, 0.3) is 0 Å². The summed E-state index contributed by atoms with van der Waals surface area (Å²) in [4.78, 5) is 16.8. The molecule has 22 heavy (non-hydrogen) atoms. The molecule has 2 aromatic rings. The van der Waals surface area contributed by atoms with Crippen molar-refractivity contribution in [1.82, 2.24) is 4.90 Å². The van der Waals surface area contributed by atoms with E-state index in [2.05, 4.69) is 25.1 Å². The van der Waals surface area contributed by atoms with Crippen molar-refractivity contribution in [2.24, 2.45) is 5.73 Å². The Bertz CT molecular complexity index is 571. The third-order valence-electron chi connectivity index (χ3n) is 3.32. The van der Waals surface area contributed by atoms with E-state index in [0.29, 0.717) is 26.1 Å². The second-order valence-electron chi connectivity index (χ2n) is 5.13. The third kappa shape index (κ3) is 5.79. The van der Waals surface area contributed by atoms with Gasteiger partial charge in [0.2, 0.25) is 5.91 Å². The number of nitrogens with zero attached hydrogens (tertiary/aromatic N) is 1. The van der Waals surface area contributed by atoms with E-state index in [0.717, 1.165) is 16.9 Å². The number of carbonyl (C=O) groups is 1. The summed E-state index contributed by atoms with van der Waals surface area (Å²) in [6, 6.07) is 14.2. The van der Waals surface area contributed by atoms with Crippen LogP contribution >= 0.6 is 23.7 Å². The lowest BCUT2D eigenvalue weighted by molar-refractivity contribution is -0.131. The van der Waals surface area contributed by atoms with Crippen LogP contribution in [-0.4, -0.2) is 23.9 Å². The van der Waals surface area contributed by atoms with Crippen LogP contribution in [0.5, 0.6) is 0 Å². The van der Waals surface area contributed by atoms with Crippen molar-refractivity contribution in [1.29, 1.82) is 0 Å². The highest BCUT2D eigenvalue weighted by Crippen LogP contribution is 2.17. The maximum Gasteiger partial charge on any atom is 0.228 e. The van der Waals surface area contributed by atoms with E-state index in [1.54, 1.807) is 11.3 Å². The summed E-state index contributed by atoms with van der Waals surface area (Å²) < 4.78 is 0. The topological polar surface area (TPSA) is 46.3 Å². The highest BCUT2D eigenvalue weighted by molar-refractivity contribution is 7.12. The van der Waals surface area contributed by atoms with Gasteiger partial charge in [-0.15, -0.1) is 23.7 Å². The van der Waals surface area contributed by atoms with Crippen LogP contribution in [0.25, 0.3) is 0 Å². The minimum Gasteiger partial charge on any atom is -0.338 e. The molecular formula is C17H23ClN2OS. The molecule has 0 fully saturated rings. The fourth-order valence-electron chi connectivity index (χ4n) is 2.22. The molecule has 1 aromatic carbocycles. The number of hydrogen-bond acceptors (Lipinski definition) is 3. The highest BCUT2D eigenvalue weighted by atomic mass is 35.5. The lowest BCUT2D eigenvalue weighted by atomic mass is 10.2.